The molecule has 2 aliphatic rings. The van der Waals surface area contributed by atoms with Gasteiger partial charge >= 0.3 is 0 Å². The summed E-state index contributed by atoms with van der Waals surface area (Å²) in [6, 6.07) is 0. The fourth-order valence-corrected chi connectivity index (χ4v) is 2.67. The molecule has 1 atom stereocenters. The van der Waals surface area contributed by atoms with Crippen LogP contribution in [0.4, 0.5) is 0 Å². The molecule has 2 fully saturated rings. The van der Waals surface area contributed by atoms with E-state index >= 15 is 0 Å². The first-order chi connectivity index (χ1) is 9.61. The molecule has 0 aromatic carbocycles. The highest BCUT2D eigenvalue weighted by Crippen LogP contribution is 2.17. The summed E-state index contributed by atoms with van der Waals surface area (Å²) in [6.45, 7) is 6.06. The van der Waals surface area contributed by atoms with Crippen LogP contribution < -0.4 is 5.32 Å². The van der Waals surface area contributed by atoms with Crippen LogP contribution in [0.15, 0.2) is 12.7 Å². The van der Waals surface area contributed by atoms with Crippen molar-refractivity contribution in [1.29, 1.82) is 0 Å². The molecule has 1 N–H and O–H groups in total. The Hall–Kier alpha value is -1.85. The molecule has 2 heterocycles. The minimum atomic E-state index is -0.353. The van der Waals surface area contributed by atoms with Crippen molar-refractivity contribution in [3.05, 3.63) is 12.7 Å². The second kappa shape index (κ2) is 6.54. The second-order valence-corrected chi connectivity index (χ2v) is 5.29. The van der Waals surface area contributed by atoms with E-state index in [1.165, 1.54) is 0 Å². The topological polar surface area (TPSA) is 69.7 Å². The lowest BCUT2D eigenvalue weighted by Gasteiger charge is -2.17. The number of nitrogens with zero attached hydrogens (tertiary/aromatic N) is 2. The van der Waals surface area contributed by atoms with E-state index in [0.29, 0.717) is 13.1 Å². The Balaban J connectivity index is 1.76. The smallest absolute Gasteiger partial charge is 0.241 e. The van der Waals surface area contributed by atoms with Crippen LogP contribution in [0, 0.1) is 5.92 Å². The first-order valence-electron chi connectivity index (χ1n) is 7.06. The van der Waals surface area contributed by atoms with Gasteiger partial charge in [0.05, 0.1) is 12.5 Å². The molecule has 0 bridgehead atoms. The predicted octanol–water partition coefficient (Wildman–Crippen LogP) is -0.240. The highest BCUT2D eigenvalue weighted by atomic mass is 16.2. The van der Waals surface area contributed by atoms with Gasteiger partial charge in [-0.25, -0.2) is 0 Å². The van der Waals surface area contributed by atoms with Gasteiger partial charge in [0.2, 0.25) is 17.7 Å². The molecule has 2 saturated heterocycles. The molecule has 2 aliphatic heterocycles. The van der Waals surface area contributed by atoms with Crippen molar-refractivity contribution in [2.24, 2.45) is 5.92 Å². The summed E-state index contributed by atoms with van der Waals surface area (Å²) in [7, 11) is 0. The Morgan fingerprint density at radius 3 is 2.70 bits per heavy atom. The van der Waals surface area contributed by atoms with Crippen LogP contribution in [-0.2, 0) is 14.4 Å². The maximum atomic E-state index is 12.0. The highest BCUT2D eigenvalue weighted by molar-refractivity contribution is 5.91. The first-order valence-corrected chi connectivity index (χ1v) is 7.06. The number of likely N-dealkylation sites (tertiary alicyclic amines) is 2. The van der Waals surface area contributed by atoms with Crippen molar-refractivity contribution >= 4 is 17.7 Å². The maximum absolute atomic E-state index is 12.0. The summed E-state index contributed by atoms with van der Waals surface area (Å²) in [5.74, 6) is -0.634. The van der Waals surface area contributed by atoms with Gasteiger partial charge in [-0.1, -0.05) is 6.08 Å². The molecule has 0 spiro atoms. The molecular formula is C14H21N3O3. The monoisotopic (exact) mass is 279 g/mol. The molecule has 0 aromatic rings. The quantitative estimate of drug-likeness (QED) is 0.706. The third-order valence-electron chi connectivity index (χ3n) is 3.81. The minimum Gasteiger partial charge on any atom is -0.347 e. The number of hydrogen-bond acceptors (Lipinski definition) is 3. The fraction of sp³-hybridized carbons (Fsp3) is 0.643. The molecule has 0 aromatic heterocycles. The van der Waals surface area contributed by atoms with Gasteiger partial charge in [0, 0.05) is 32.6 Å². The van der Waals surface area contributed by atoms with E-state index in [2.05, 4.69) is 11.9 Å². The van der Waals surface area contributed by atoms with Crippen molar-refractivity contribution in [1.82, 2.24) is 15.1 Å². The Morgan fingerprint density at radius 2 is 2.05 bits per heavy atom. The predicted molar refractivity (Wildman–Crippen MR) is 73.7 cm³/mol. The molecule has 6 nitrogen and oxygen atoms in total. The van der Waals surface area contributed by atoms with Gasteiger partial charge in [-0.15, -0.1) is 6.58 Å². The normalized spacial score (nSPS) is 22.2. The maximum Gasteiger partial charge on any atom is 0.241 e. The number of carbonyl (C=O) groups excluding carboxylic acids is 3. The largest absolute Gasteiger partial charge is 0.347 e. The minimum absolute atomic E-state index is 0.0316. The Kier molecular flexibility index (Phi) is 4.76. The van der Waals surface area contributed by atoms with Crippen LogP contribution in [0.25, 0.3) is 0 Å². The molecule has 110 valence electrons. The summed E-state index contributed by atoms with van der Waals surface area (Å²) in [6.07, 6.45) is 3.94. The van der Waals surface area contributed by atoms with E-state index < -0.39 is 0 Å². The van der Waals surface area contributed by atoms with Crippen molar-refractivity contribution in [2.75, 3.05) is 32.7 Å². The number of rotatable bonds is 5. The summed E-state index contributed by atoms with van der Waals surface area (Å²) in [4.78, 5) is 38.8. The van der Waals surface area contributed by atoms with Crippen LogP contribution >= 0.6 is 0 Å². The average Bonchev–Trinajstić information content (AvgIpc) is 3.07. The lowest BCUT2D eigenvalue weighted by molar-refractivity contribution is -0.133. The van der Waals surface area contributed by atoms with E-state index in [-0.39, 0.29) is 36.6 Å². The lowest BCUT2D eigenvalue weighted by Crippen LogP contribution is -2.41. The molecular weight excluding hydrogens is 258 g/mol. The zero-order valence-corrected chi connectivity index (χ0v) is 11.6. The SMILES string of the molecule is C=CCN1CC(C(=O)NCC(=O)N2CCCC2)CC1=O. The van der Waals surface area contributed by atoms with Gasteiger partial charge < -0.3 is 15.1 Å². The highest BCUT2D eigenvalue weighted by Gasteiger charge is 2.33. The Morgan fingerprint density at radius 1 is 1.35 bits per heavy atom. The second-order valence-electron chi connectivity index (χ2n) is 5.29. The average molecular weight is 279 g/mol. The Bertz CT molecular complexity index is 416. The van der Waals surface area contributed by atoms with E-state index in [1.54, 1.807) is 15.9 Å². The van der Waals surface area contributed by atoms with Gasteiger partial charge in [-0.2, -0.15) is 0 Å². The molecule has 20 heavy (non-hydrogen) atoms. The van der Waals surface area contributed by atoms with E-state index in [4.69, 9.17) is 0 Å². The van der Waals surface area contributed by atoms with Gasteiger partial charge in [0.15, 0.2) is 0 Å². The number of nitrogens with one attached hydrogen (secondary N) is 1. The number of amides is 3. The van der Waals surface area contributed by atoms with Crippen molar-refractivity contribution in [2.45, 2.75) is 19.3 Å². The summed E-state index contributed by atoms with van der Waals surface area (Å²) >= 11 is 0. The molecule has 1 unspecified atom stereocenters. The number of carbonyl (C=O) groups is 3. The summed E-state index contributed by atoms with van der Waals surface area (Å²) in [5, 5.41) is 2.65. The molecule has 6 heteroatoms. The van der Waals surface area contributed by atoms with Crippen LogP contribution in [0.1, 0.15) is 19.3 Å². The standard InChI is InChI=1S/C14H21N3O3/c1-2-5-17-10-11(8-12(17)18)14(20)15-9-13(19)16-6-3-4-7-16/h2,11H,1,3-10H2,(H,15,20). The van der Waals surface area contributed by atoms with Gasteiger partial charge in [0.25, 0.3) is 0 Å². The molecule has 3 amide bonds. The fourth-order valence-electron chi connectivity index (χ4n) is 2.67. The third-order valence-corrected chi connectivity index (χ3v) is 3.81. The van der Waals surface area contributed by atoms with E-state index in [0.717, 1.165) is 25.9 Å². The van der Waals surface area contributed by atoms with Crippen LogP contribution in [-0.4, -0.2) is 60.2 Å². The zero-order valence-electron chi connectivity index (χ0n) is 11.6. The number of hydrogen-bond donors (Lipinski definition) is 1. The molecule has 0 saturated carbocycles. The zero-order chi connectivity index (χ0) is 14.5. The summed E-state index contributed by atoms with van der Waals surface area (Å²) < 4.78 is 0. The first kappa shape index (κ1) is 14.6. The Labute approximate surface area is 118 Å². The molecule has 2 rings (SSSR count). The summed E-state index contributed by atoms with van der Waals surface area (Å²) in [5.41, 5.74) is 0. The van der Waals surface area contributed by atoms with E-state index in [1.807, 2.05) is 0 Å². The van der Waals surface area contributed by atoms with Crippen LogP contribution in [0.5, 0.6) is 0 Å². The van der Waals surface area contributed by atoms with Crippen molar-refractivity contribution in [3.8, 4) is 0 Å². The molecule has 0 radical (unpaired) electrons. The van der Waals surface area contributed by atoms with Crippen LogP contribution in [0.2, 0.25) is 0 Å². The van der Waals surface area contributed by atoms with Gasteiger partial charge in [0.1, 0.15) is 0 Å². The lowest BCUT2D eigenvalue weighted by atomic mass is 10.1. The molecule has 0 aliphatic carbocycles. The van der Waals surface area contributed by atoms with E-state index in [9.17, 15) is 14.4 Å². The van der Waals surface area contributed by atoms with Crippen molar-refractivity contribution in [3.63, 3.8) is 0 Å². The third kappa shape index (κ3) is 3.37. The van der Waals surface area contributed by atoms with Crippen molar-refractivity contribution < 1.29 is 14.4 Å². The van der Waals surface area contributed by atoms with Gasteiger partial charge in [-0.05, 0) is 12.8 Å². The van der Waals surface area contributed by atoms with Gasteiger partial charge in [-0.3, -0.25) is 14.4 Å². The van der Waals surface area contributed by atoms with Crippen LogP contribution in [0.3, 0.4) is 0 Å².